The number of rotatable bonds is 3. The number of carbonyl (C=O) groups excluding carboxylic acids is 1. The van der Waals surface area contributed by atoms with Crippen LogP contribution in [0.1, 0.15) is 48.5 Å². The van der Waals surface area contributed by atoms with Crippen molar-refractivity contribution < 1.29 is 24.1 Å². The topological polar surface area (TPSA) is 65.0 Å². The molecule has 1 aromatic rings. The summed E-state index contributed by atoms with van der Waals surface area (Å²) in [5.41, 5.74) is 1.21. The van der Waals surface area contributed by atoms with E-state index in [-0.39, 0.29) is 30.0 Å². The molecule has 1 fully saturated rings. The lowest BCUT2D eigenvalue weighted by molar-refractivity contribution is -0.0647. The Morgan fingerprint density at radius 2 is 2.14 bits per heavy atom. The third kappa shape index (κ3) is 3.04. The van der Waals surface area contributed by atoms with Gasteiger partial charge in [-0.25, -0.2) is 4.79 Å². The van der Waals surface area contributed by atoms with Crippen molar-refractivity contribution in [3.05, 3.63) is 23.3 Å². The molecule has 0 amide bonds. The molecule has 1 unspecified atom stereocenters. The number of hydrogen-bond donors (Lipinski definition) is 1. The van der Waals surface area contributed by atoms with Crippen molar-refractivity contribution in [2.45, 2.75) is 57.3 Å². The first kappa shape index (κ1) is 15.2. The second-order valence-electron chi connectivity index (χ2n) is 6.15. The molecule has 3 atom stereocenters. The van der Waals surface area contributed by atoms with Gasteiger partial charge in [-0.2, -0.15) is 0 Å². The van der Waals surface area contributed by atoms with Crippen LogP contribution in [0, 0.1) is 0 Å². The van der Waals surface area contributed by atoms with Crippen LogP contribution in [0.2, 0.25) is 0 Å². The maximum Gasteiger partial charge on any atom is 0.342 e. The molecule has 0 bridgehead atoms. The minimum atomic E-state index is -0.382. The van der Waals surface area contributed by atoms with E-state index in [1.165, 1.54) is 13.2 Å². The summed E-state index contributed by atoms with van der Waals surface area (Å²) in [6.07, 6.45) is 4.74. The smallest absolute Gasteiger partial charge is 0.342 e. The van der Waals surface area contributed by atoms with E-state index >= 15 is 0 Å². The van der Waals surface area contributed by atoms with Crippen LogP contribution in [-0.2, 0) is 15.9 Å². The first-order chi connectivity index (χ1) is 10.6. The van der Waals surface area contributed by atoms with Gasteiger partial charge in [0.1, 0.15) is 23.2 Å². The molecule has 2 aliphatic heterocycles. The van der Waals surface area contributed by atoms with E-state index in [0.717, 1.165) is 24.8 Å². The van der Waals surface area contributed by atoms with Crippen LogP contribution < -0.4 is 4.74 Å². The molecule has 1 aromatic carbocycles. The normalized spacial score (nSPS) is 27.9. The maximum atomic E-state index is 12.3. The zero-order chi connectivity index (χ0) is 15.7. The molecule has 0 saturated carbocycles. The summed E-state index contributed by atoms with van der Waals surface area (Å²) < 4.78 is 16.6. The number of carbonyl (C=O) groups is 1. The second kappa shape index (κ2) is 6.16. The maximum absolute atomic E-state index is 12.3. The first-order valence-electron chi connectivity index (χ1n) is 7.83. The Bertz CT molecular complexity index is 568. The SMILES string of the molecule is COc1cc(O)cc2c1C(=O)OC(C[C@H]1CCC[C@H](C)O1)C2. The monoisotopic (exact) mass is 306 g/mol. The van der Waals surface area contributed by atoms with Gasteiger partial charge < -0.3 is 19.3 Å². The van der Waals surface area contributed by atoms with Crippen molar-refractivity contribution in [2.24, 2.45) is 0 Å². The molecule has 0 aliphatic carbocycles. The van der Waals surface area contributed by atoms with Crippen molar-refractivity contribution in [1.29, 1.82) is 0 Å². The lowest BCUT2D eigenvalue weighted by atomic mass is 9.92. The van der Waals surface area contributed by atoms with Crippen LogP contribution in [0.3, 0.4) is 0 Å². The largest absolute Gasteiger partial charge is 0.508 e. The molecule has 5 heteroatoms. The molecular formula is C17H22O5. The Balaban J connectivity index is 1.76. The molecular weight excluding hydrogens is 284 g/mol. The highest BCUT2D eigenvalue weighted by atomic mass is 16.6. The molecule has 0 radical (unpaired) electrons. The van der Waals surface area contributed by atoms with Gasteiger partial charge in [-0.15, -0.1) is 0 Å². The number of cyclic esters (lactones) is 1. The molecule has 1 N–H and O–H groups in total. The van der Waals surface area contributed by atoms with E-state index in [2.05, 4.69) is 6.92 Å². The van der Waals surface area contributed by atoms with Crippen molar-refractivity contribution in [1.82, 2.24) is 0 Å². The Morgan fingerprint density at radius 3 is 2.86 bits per heavy atom. The Kier molecular flexibility index (Phi) is 4.25. The highest BCUT2D eigenvalue weighted by molar-refractivity contribution is 5.95. The van der Waals surface area contributed by atoms with Gasteiger partial charge in [-0.05, 0) is 37.8 Å². The summed E-state index contributed by atoms with van der Waals surface area (Å²) >= 11 is 0. The predicted molar refractivity (Wildman–Crippen MR) is 80.4 cm³/mol. The standard InChI is InChI=1S/C17H22O5/c1-10-4-3-5-13(21-10)9-14-7-11-6-12(18)8-15(20-2)16(11)17(19)22-14/h6,8,10,13-14,18H,3-5,7,9H2,1-2H3/t10-,13+,14?/m0/s1. The minimum absolute atomic E-state index is 0.103. The fourth-order valence-electron chi connectivity index (χ4n) is 3.40. The van der Waals surface area contributed by atoms with E-state index in [1.54, 1.807) is 6.07 Å². The number of hydrogen-bond acceptors (Lipinski definition) is 5. The summed E-state index contributed by atoms with van der Waals surface area (Å²) in [7, 11) is 1.48. The third-order valence-corrected chi connectivity index (χ3v) is 4.40. The van der Waals surface area contributed by atoms with Crippen LogP contribution in [0.5, 0.6) is 11.5 Å². The van der Waals surface area contributed by atoms with Gasteiger partial charge in [0.05, 0.1) is 19.3 Å². The lowest BCUT2D eigenvalue weighted by Gasteiger charge is -2.32. The number of ether oxygens (including phenoxy) is 3. The quantitative estimate of drug-likeness (QED) is 0.870. The number of aromatic hydroxyl groups is 1. The number of benzene rings is 1. The molecule has 0 spiro atoms. The van der Waals surface area contributed by atoms with Crippen LogP contribution in [-0.4, -0.2) is 36.5 Å². The average molecular weight is 306 g/mol. The summed E-state index contributed by atoms with van der Waals surface area (Å²) in [4.78, 5) is 12.3. The molecule has 1 saturated heterocycles. The van der Waals surface area contributed by atoms with E-state index < -0.39 is 0 Å². The Morgan fingerprint density at radius 1 is 1.32 bits per heavy atom. The highest BCUT2D eigenvalue weighted by Crippen LogP contribution is 2.35. The molecule has 120 valence electrons. The number of phenolic OH excluding ortho intramolecular Hbond substituents is 1. The van der Waals surface area contributed by atoms with Crippen molar-refractivity contribution in [3.63, 3.8) is 0 Å². The van der Waals surface area contributed by atoms with Crippen LogP contribution in [0.4, 0.5) is 0 Å². The van der Waals surface area contributed by atoms with Crippen LogP contribution >= 0.6 is 0 Å². The molecule has 22 heavy (non-hydrogen) atoms. The van der Waals surface area contributed by atoms with Crippen LogP contribution in [0.15, 0.2) is 12.1 Å². The second-order valence-corrected chi connectivity index (χ2v) is 6.15. The number of phenols is 1. The van der Waals surface area contributed by atoms with Crippen molar-refractivity contribution in [3.8, 4) is 11.5 Å². The zero-order valence-corrected chi connectivity index (χ0v) is 13.0. The third-order valence-electron chi connectivity index (χ3n) is 4.40. The van der Waals surface area contributed by atoms with Gasteiger partial charge in [0, 0.05) is 18.9 Å². The predicted octanol–water partition coefficient (Wildman–Crippen LogP) is 2.83. The van der Waals surface area contributed by atoms with Gasteiger partial charge in [-0.3, -0.25) is 0 Å². The first-order valence-corrected chi connectivity index (χ1v) is 7.83. The van der Waals surface area contributed by atoms with E-state index in [9.17, 15) is 9.90 Å². The van der Waals surface area contributed by atoms with Gasteiger partial charge in [-0.1, -0.05) is 0 Å². The van der Waals surface area contributed by atoms with E-state index in [0.29, 0.717) is 24.2 Å². The van der Waals surface area contributed by atoms with Crippen molar-refractivity contribution in [2.75, 3.05) is 7.11 Å². The van der Waals surface area contributed by atoms with E-state index in [4.69, 9.17) is 14.2 Å². The molecule has 2 heterocycles. The van der Waals surface area contributed by atoms with Crippen LogP contribution in [0.25, 0.3) is 0 Å². The van der Waals surface area contributed by atoms with Gasteiger partial charge in [0.2, 0.25) is 0 Å². The summed E-state index contributed by atoms with van der Waals surface area (Å²) in [5, 5.41) is 9.77. The fourth-order valence-corrected chi connectivity index (χ4v) is 3.40. The molecule has 2 aliphatic rings. The fraction of sp³-hybridized carbons (Fsp3) is 0.588. The summed E-state index contributed by atoms with van der Waals surface area (Å²) in [6, 6.07) is 3.06. The minimum Gasteiger partial charge on any atom is -0.508 e. The molecule has 0 aromatic heterocycles. The number of fused-ring (bicyclic) bond motifs is 1. The van der Waals surface area contributed by atoms with Gasteiger partial charge >= 0.3 is 5.97 Å². The van der Waals surface area contributed by atoms with Gasteiger partial charge in [0.25, 0.3) is 0 Å². The molecule has 5 nitrogen and oxygen atoms in total. The van der Waals surface area contributed by atoms with E-state index in [1.807, 2.05) is 0 Å². The number of esters is 1. The highest BCUT2D eigenvalue weighted by Gasteiger charge is 2.32. The summed E-state index contributed by atoms with van der Waals surface area (Å²) in [6.45, 7) is 2.08. The molecule has 3 rings (SSSR count). The Hall–Kier alpha value is -1.75. The van der Waals surface area contributed by atoms with Crippen molar-refractivity contribution >= 4 is 5.97 Å². The lowest BCUT2D eigenvalue weighted by Crippen LogP contribution is -2.34. The number of methoxy groups -OCH3 is 1. The Labute approximate surface area is 130 Å². The zero-order valence-electron chi connectivity index (χ0n) is 13.0. The average Bonchev–Trinajstić information content (AvgIpc) is 2.45. The summed E-state index contributed by atoms with van der Waals surface area (Å²) in [5.74, 6) is 0.0829. The van der Waals surface area contributed by atoms with Gasteiger partial charge in [0.15, 0.2) is 0 Å².